The molecular formula is C11H12Cl2N4OS. The molecule has 1 heterocycles. The summed E-state index contributed by atoms with van der Waals surface area (Å²) in [6, 6.07) is 1.55. The van der Waals surface area contributed by atoms with Crippen molar-refractivity contribution in [3.05, 3.63) is 16.1 Å². The van der Waals surface area contributed by atoms with Crippen molar-refractivity contribution in [2.45, 2.75) is 13.3 Å². The third-order valence-electron chi connectivity index (χ3n) is 2.84. The molecule has 3 N–H and O–H groups in total. The van der Waals surface area contributed by atoms with Gasteiger partial charge in [0.1, 0.15) is 11.0 Å². The number of carbonyl (C=O) groups excluding carboxylic acids is 1. The van der Waals surface area contributed by atoms with Crippen LogP contribution in [0, 0.1) is 5.92 Å². The van der Waals surface area contributed by atoms with Crippen molar-refractivity contribution >= 4 is 57.6 Å². The molecule has 1 unspecified atom stereocenters. The molecule has 0 aliphatic carbocycles. The number of hydrogen-bond acceptors (Lipinski definition) is 5. The third-order valence-corrected chi connectivity index (χ3v) is 3.95. The Bertz CT molecular complexity index is 612. The molecule has 19 heavy (non-hydrogen) atoms. The summed E-state index contributed by atoms with van der Waals surface area (Å²) in [6.07, 6.45) is 0.659. The summed E-state index contributed by atoms with van der Waals surface area (Å²) >= 11 is 13.1. The fourth-order valence-corrected chi connectivity index (χ4v) is 2.84. The van der Waals surface area contributed by atoms with Crippen LogP contribution < -0.4 is 11.1 Å². The zero-order valence-corrected chi connectivity index (χ0v) is 12.4. The van der Waals surface area contributed by atoms with Crippen molar-refractivity contribution in [2.75, 3.05) is 11.9 Å². The minimum absolute atomic E-state index is 0.177. The number of amides is 1. The summed E-state index contributed by atoms with van der Waals surface area (Å²) < 4.78 is 8.20. The predicted molar refractivity (Wildman–Crippen MR) is 78.9 cm³/mol. The van der Waals surface area contributed by atoms with Crippen molar-refractivity contribution in [2.24, 2.45) is 11.7 Å². The minimum Gasteiger partial charge on any atom is -0.330 e. The lowest BCUT2D eigenvalue weighted by Gasteiger charge is -2.14. The molecule has 0 bridgehead atoms. The summed E-state index contributed by atoms with van der Waals surface area (Å²) in [7, 11) is 0. The van der Waals surface area contributed by atoms with Gasteiger partial charge in [-0.3, -0.25) is 4.79 Å². The molecule has 0 spiro atoms. The van der Waals surface area contributed by atoms with Crippen LogP contribution in [-0.2, 0) is 4.79 Å². The zero-order chi connectivity index (χ0) is 14.0. The van der Waals surface area contributed by atoms with Crippen LogP contribution in [0.15, 0.2) is 6.07 Å². The maximum atomic E-state index is 12.0. The fraction of sp³-hybridized carbons (Fsp3) is 0.364. The maximum Gasteiger partial charge on any atom is 0.228 e. The van der Waals surface area contributed by atoms with Gasteiger partial charge < -0.3 is 11.1 Å². The van der Waals surface area contributed by atoms with Gasteiger partial charge in [-0.15, -0.1) is 0 Å². The molecule has 0 aliphatic rings. The average molecular weight is 319 g/mol. The van der Waals surface area contributed by atoms with E-state index in [2.05, 4.69) is 14.1 Å². The third kappa shape index (κ3) is 2.81. The van der Waals surface area contributed by atoms with E-state index >= 15 is 0 Å². The number of hydrogen-bond donors (Lipinski definition) is 2. The Balaban J connectivity index is 2.40. The van der Waals surface area contributed by atoms with Crippen molar-refractivity contribution in [3.63, 3.8) is 0 Å². The molecule has 0 saturated heterocycles. The number of nitrogens with two attached hydrogens (primary N) is 1. The van der Waals surface area contributed by atoms with Crippen LogP contribution in [0.3, 0.4) is 0 Å². The number of halogens is 2. The Morgan fingerprint density at radius 2 is 2.11 bits per heavy atom. The summed E-state index contributed by atoms with van der Waals surface area (Å²) in [5.74, 6) is -0.433. The van der Waals surface area contributed by atoms with Crippen molar-refractivity contribution < 1.29 is 4.79 Å². The van der Waals surface area contributed by atoms with E-state index in [1.165, 1.54) is 0 Å². The molecule has 1 aromatic carbocycles. The average Bonchev–Trinajstić information content (AvgIpc) is 2.85. The van der Waals surface area contributed by atoms with E-state index in [0.29, 0.717) is 33.2 Å². The molecule has 102 valence electrons. The highest BCUT2D eigenvalue weighted by molar-refractivity contribution is 7.00. The SMILES string of the molecule is CCC(CN)C(=O)Nc1c(Cl)cc(Cl)c2nsnc12. The van der Waals surface area contributed by atoms with Crippen LogP contribution in [-0.4, -0.2) is 21.2 Å². The van der Waals surface area contributed by atoms with E-state index < -0.39 is 0 Å². The second kappa shape index (κ2) is 6.00. The molecule has 0 radical (unpaired) electrons. The van der Waals surface area contributed by atoms with Gasteiger partial charge in [0, 0.05) is 6.54 Å². The highest BCUT2D eigenvalue weighted by Crippen LogP contribution is 2.35. The van der Waals surface area contributed by atoms with Crippen LogP contribution in [0.1, 0.15) is 13.3 Å². The number of anilines is 1. The van der Waals surface area contributed by atoms with Crippen molar-refractivity contribution in [1.82, 2.24) is 8.75 Å². The summed E-state index contributed by atoms with van der Waals surface area (Å²) in [6.45, 7) is 2.19. The van der Waals surface area contributed by atoms with Crippen LogP contribution in [0.2, 0.25) is 10.0 Å². The van der Waals surface area contributed by atoms with E-state index in [4.69, 9.17) is 28.9 Å². The van der Waals surface area contributed by atoms with Crippen molar-refractivity contribution in [1.29, 1.82) is 0 Å². The number of aromatic nitrogens is 2. The summed E-state index contributed by atoms with van der Waals surface area (Å²) in [4.78, 5) is 12.0. The molecule has 1 amide bonds. The first kappa shape index (κ1) is 14.5. The highest BCUT2D eigenvalue weighted by Gasteiger charge is 2.20. The van der Waals surface area contributed by atoms with E-state index in [-0.39, 0.29) is 18.4 Å². The van der Waals surface area contributed by atoms with Gasteiger partial charge in [-0.2, -0.15) is 8.75 Å². The first-order valence-electron chi connectivity index (χ1n) is 5.69. The Morgan fingerprint density at radius 1 is 1.42 bits per heavy atom. The fourth-order valence-electron chi connectivity index (χ4n) is 1.68. The van der Waals surface area contributed by atoms with Crippen LogP contribution in [0.25, 0.3) is 11.0 Å². The first-order chi connectivity index (χ1) is 9.08. The lowest BCUT2D eigenvalue weighted by atomic mass is 10.1. The monoisotopic (exact) mass is 318 g/mol. The highest BCUT2D eigenvalue weighted by atomic mass is 35.5. The molecule has 0 saturated carbocycles. The van der Waals surface area contributed by atoms with E-state index in [1.54, 1.807) is 6.07 Å². The predicted octanol–water partition coefficient (Wildman–Crippen LogP) is 2.92. The van der Waals surface area contributed by atoms with Gasteiger partial charge >= 0.3 is 0 Å². The lowest BCUT2D eigenvalue weighted by molar-refractivity contribution is -0.119. The van der Waals surface area contributed by atoms with Gasteiger partial charge in [0.15, 0.2) is 0 Å². The zero-order valence-electron chi connectivity index (χ0n) is 10.1. The number of rotatable bonds is 4. The van der Waals surface area contributed by atoms with Gasteiger partial charge in [0.25, 0.3) is 0 Å². The van der Waals surface area contributed by atoms with Gasteiger partial charge in [-0.05, 0) is 12.5 Å². The minimum atomic E-state index is -0.256. The van der Waals surface area contributed by atoms with E-state index in [0.717, 1.165) is 11.7 Å². The molecule has 1 atom stereocenters. The Labute approximate surface area is 124 Å². The van der Waals surface area contributed by atoms with Gasteiger partial charge in [-0.25, -0.2) is 0 Å². The standard InChI is InChI=1S/C11H12Cl2N4OS/c1-2-5(4-14)11(18)15-8-6(12)3-7(13)9-10(8)17-19-16-9/h3,5H,2,4,14H2,1H3,(H,15,18). The van der Waals surface area contributed by atoms with Crippen LogP contribution >= 0.6 is 34.9 Å². The van der Waals surface area contributed by atoms with E-state index in [1.807, 2.05) is 6.92 Å². The van der Waals surface area contributed by atoms with Crippen LogP contribution in [0.4, 0.5) is 5.69 Å². The number of nitrogens with zero attached hydrogens (tertiary/aromatic N) is 2. The molecule has 2 aromatic rings. The number of benzene rings is 1. The largest absolute Gasteiger partial charge is 0.330 e. The molecule has 5 nitrogen and oxygen atoms in total. The quantitative estimate of drug-likeness (QED) is 0.908. The van der Waals surface area contributed by atoms with Gasteiger partial charge in [-0.1, -0.05) is 30.1 Å². The number of nitrogens with one attached hydrogen (secondary N) is 1. The lowest BCUT2D eigenvalue weighted by Crippen LogP contribution is -2.28. The van der Waals surface area contributed by atoms with Crippen LogP contribution in [0.5, 0.6) is 0 Å². The topological polar surface area (TPSA) is 80.9 Å². The van der Waals surface area contributed by atoms with Gasteiger partial charge in [0.2, 0.25) is 5.91 Å². The maximum absolute atomic E-state index is 12.0. The smallest absolute Gasteiger partial charge is 0.228 e. The van der Waals surface area contributed by atoms with Gasteiger partial charge in [0.05, 0.1) is 33.4 Å². The Kier molecular flexibility index (Phi) is 4.57. The summed E-state index contributed by atoms with van der Waals surface area (Å²) in [5, 5.41) is 3.52. The van der Waals surface area contributed by atoms with E-state index in [9.17, 15) is 4.79 Å². The molecular weight excluding hydrogens is 307 g/mol. The first-order valence-corrected chi connectivity index (χ1v) is 7.18. The second-order valence-electron chi connectivity index (χ2n) is 4.01. The Morgan fingerprint density at radius 3 is 2.74 bits per heavy atom. The second-order valence-corrected chi connectivity index (χ2v) is 5.35. The molecule has 8 heteroatoms. The number of fused-ring (bicyclic) bond motifs is 1. The summed E-state index contributed by atoms with van der Waals surface area (Å²) in [5.41, 5.74) is 7.03. The molecule has 2 rings (SSSR count). The number of carbonyl (C=O) groups is 1. The molecule has 1 aromatic heterocycles. The molecule has 0 fully saturated rings. The van der Waals surface area contributed by atoms with Crippen molar-refractivity contribution in [3.8, 4) is 0 Å². The Hall–Kier alpha value is -0.950. The molecule has 0 aliphatic heterocycles. The normalized spacial score (nSPS) is 12.6.